The molecule has 0 aliphatic carbocycles. The van der Waals surface area contributed by atoms with Gasteiger partial charge in [-0.3, -0.25) is 4.79 Å². The van der Waals surface area contributed by atoms with Crippen LogP contribution in [0.25, 0.3) is 0 Å². The molecule has 1 amide bonds. The molecule has 0 bridgehead atoms. The van der Waals surface area contributed by atoms with E-state index in [1.165, 1.54) is 0 Å². The number of aromatic nitrogens is 2. The molecule has 2 N–H and O–H groups in total. The lowest BCUT2D eigenvalue weighted by Gasteiger charge is -2.13. The minimum atomic E-state index is -0.545. The van der Waals surface area contributed by atoms with E-state index < -0.39 is 5.91 Å². The third-order valence-corrected chi connectivity index (χ3v) is 1.82. The molecule has 0 radical (unpaired) electrons. The molecule has 5 nitrogen and oxygen atoms in total. The van der Waals surface area contributed by atoms with Crippen molar-refractivity contribution in [2.75, 3.05) is 19.0 Å². The van der Waals surface area contributed by atoms with Gasteiger partial charge in [0.05, 0.1) is 11.9 Å². The van der Waals surface area contributed by atoms with E-state index in [9.17, 15) is 4.79 Å². The smallest absolute Gasteiger partial charge is 0.271 e. The summed E-state index contributed by atoms with van der Waals surface area (Å²) in [7, 11) is 3.59. The van der Waals surface area contributed by atoms with E-state index in [0.717, 1.165) is 12.1 Å². The SMILES string of the molecule is CCc1cnc(N(C)C)c(C(N)=O)n1. The zero-order chi connectivity index (χ0) is 10.7. The van der Waals surface area contributed by atoms with Crippen LogP contribution in [0.1, 0.15) is 23.1 Å². The number of amides is 1. The lowest BCUT2D eigenvalue weighted by molar-refractivity contribution is 0.0995. The van der Waals surface area contributed by atoms with E-state index in [-0.39, 0.29) is 5.69 Å². The molecule has 0 aliphatic rings. The summed E-state index contributed by atoms with van der Waals surface area (Å²) >= 11 is 0. The average molecular weight is 194 g/mol. The number of carbonyl (C=O) groups excluding carboxylic acids is 1. The summed E-state index contributed by atoms with van der Waals surface area (Å²) in [4.78, 5) is 21.1. The van der Waals surface area contributed by atoms with Crippen LogP contribution in [0.4, 0.5) is 5.82 Å². The van der Waals surface area contributed by atoms with Crippen LogP contribution in [-0.2, 0) is 6.42 Å². The summed E-state index contributed by atoms with van der Waals surface area (Å²) in [6, 6.07) is 0. The van der Waals surface area contributed by atoms with E-state index >= 15 is 0 Å². The van der Waals surface area contributed by atoms with Crippen molar-refractivity contribution in [3.8, 4) is 0 Å². The standard InChI is InChI=1S/C9H14N4O/c1-4-6-5-11-9(13(2)3)7(12-6)8(10)14/h5H,4H2,1-3H3,(H2,10,14). The fourth-order valence-corrected chi connectivity index (χ4v) is 1.08. The molecule has 1 rings (SSSR count). The third kappa shape index (κ3) is 1.99. The van der Waals surface area contributed by atoms with Gasteiger partial charge < -0.3 is 10.6 Å². The second-order valence-electron chi connectivity index (χ2n) is 3.15. The van der Waals surface area contributed by atoms with Crippen LogP contribution in [0, 0.1) is 0 Å². The summed E-state index contributed by atoms with van der Waals surface area (Å²) in [5.41, 5.74) is 6.21. The van der Waals surface area contributed by atoms with Crippen molar-refractivity contribution in [2.45, 2.75) is 13.3 Å². The lowest BCUT2D eigenvalue weighted by Crippen LogP contribution is -2.22. The van der Waals surface area contributed by atoms with Gasteiger partial charge in [0, 0.05) is 14.1 Å². The van der Waals surface area contributed by atoms with Gasteiger partial charge in [-0.05, 0) is 6.42 Å². The topological polar surface area (TPSA) is 72.1 Å². The zero-order valence-electron chi connectivity index (χ0n) is 8.61. The van der Waals surface area contributed by atoms with E-state index in [0.29, 0.717) is 5.82 Å². The molecule has 0 unspecified atom stereocenters. The van der Waals surface area contributed by atoms with E-state index in [2.05, 4.69) is 9.97 Å². The van der Waals surface area contributed by atoms with Crippen molar-refractivity contribution in [3.05, 3.63) is 17.6 Å². The molecule has 0 fully saturated rings. The predicted octanol–water partition coefficient (Wildman–Crippen LogP) is 0.204. The molecule has 14 heavy (non-hydrogen) atoms. The average Bonchev–Trinajstić information content (AvgIpc) is 2.16. The molecule has 0 atom stereocenters. The summed E-state index contributed by atoms with van der Waals surface area (Å²) in [5, 5.41) is 0. The molecule has 0 saturated heterocycles. The fraction of sp³-hybridized carbons (Fsp3) is 0.444. The highest BCUT2D eigenvalue weighted by Crippen LogP contribution is 2.12. The first kappa shape index (κ1) is 10.4. The Bertz CT molecular complexity index is 349. The van der Waals surface area contributed by atoms with Crippen molar-refractivity contribution in [3.63, 3.8) is 0 Å². The summed E-state index contributed by atoms with van der Waals surface area (Å²) in [6.07, 6.45) is 2.39. The molecule has 0 saturated carbocycles. The molecular formula is C9H14N4O. The van der Waals surface area contributed by atoms with Crippen LogP contribution < -0.4 is 10.6 Å². The van der Waals surface area contributed by atoms with Crippen molar-refractivity contribution in [1.82, 2.24) is 9.97 Å². The van der Waals surface area contributed by atoms with Crippen LogP contribution in [0.15, 0.2) is 6.20 Å². The van der Waals surface area contributed by atoms with Gasteiger partial charge in [0.25, 0.3) is 5.91 Å². The number of nitrogens with two attached hydrogens (primary N) is 1. The Labute approximate surface area is 83.0 Å². The third-order valence-electron chi connectivity index (χ3n) is 1.82. The fourth-order valence-electron chi connectivity index (χ4n) is 1.08. The molecule has 1 aromatic heterocycles. The molecular weight excluding hydrogens is 180 g/mol. The molecule has 0 aromatic carbocycles. The molecule has 5 heteroatoms. The molecule has 0 spiro atoms. The minimum Gasteiger partial charge on any atom is -0.364 e. The minimum absolute atomic E-state index is 0.231. The maximum Gasteiger partial charge on any atom is 0.271 e. The monoisotopic (exact) mass is 194 g/mol. The second-order valence-corrected chi connectivity index (χ2v) is 3.15. The van der Waals surface area contributed by atoms with E-state index in [1.54, 1.807) is 25.2 Å². The quantitative estimate of drug-likeness (QED) is 0.746. The Balaban J connectivity index is 3.24. The first-order valence-electron chi connectivity index (χ1n) is 4.39. The van der Waals surface area contributed by atoms with Crippen LogP contribution in [-0.4, -0.2) is 30.0 Å². The van der Waals surface area contributed by atoms with Crippen LogP contribution in [0.5, 0.6) is 0 Å². The predicted molar refractivity (Wildman–Crippen MR) is 54.3 cm³/mol. The van der Waals surface area contributed by atoms with Gasteiger partial charge in [-0.25, -0.2) is 9.97 Å². The van der Waals surface area contributed by atoms with Crippen LogP contribution >= 0.6 is 0 Å². The molecule has 1 heterocycles. The maximum atomic E-state index is 11.1. The number of anilines is 1. The molecule has 0 aliphatic heterocycles. The summed E-state index contributed by atoms with van der Waals surface area (Å²) in [6.45, 7) is 1.95. The van der Waals surface area contributed by atoms with Gasteiger partial charge in [0.2, 0.25) is 0 Å². The highest BCUT2D eigenvalue weighted by atomic mass is 16.1. The number of rotatable bonds is 3. The first-order chi connectivity index (χ1) is 6.56. The number of primary amides is 1. The van der Waals surface area contributed by atoms with Gasteiger partial charge in [0.1, 0.15) is 0 Å². The Morgan fingerprint density at radius 3 is 2.64 bits per heavy atom. The van der Waals surface area contributed by atoms with Gasteiger partial charge in [-0.2, -0.15) is 0 Å². The first-order valence-corrected chi connectivity index (χ1v) is 4.39. The summed E-state index contributed by atoms with van der Waals surface area (Å²) in [5.74, 6) is -0.0359. The van der Waals surface area contributed by atoms with Crippen molar-refractivity contribution < 1.29 is 4.79 Å². The summed E-state index contributed by atoms with van der Waals surface area (Å²) < 4.78 is 0. The van der Waals surface area contributed by atoms with Crippen molar-refractivity contribution >= 4 is 11.7 Å². The van der Waals surface area contributed by atoms with E-state index in [1.807, 2.05) is 6.92 Å². The van der Waals surface area contributed by atoms with Gasteiger partial charge >= 0.3 is 0 Å². The maximum absolute atomic E-state index is 11.1. The largest absolute Gasteiger partial charge is 0.364 e. The Hall–Kier alpha value is -1.65. The van der Waals surface area contributed by atoms with Gasteiger partial charge in [-0.15, -0.1) is 0 Å². The number of carbonyl (C=O) groups is 1. The van der Waals surface area contributed by atoms with E-state index in [4.69, 9.17) is 5.73 Å². The van der Waals surface area contributed by atoms with Crippen molar-refractivity contribution in [2.24, 2.45) is 5.73 Å². The normalized spacial score (nSPS) is 9.93. The molecule has 76 valence electrons. The van der Waals surface area contributed by atoms with Gasteiger partial charge in [-0.1, -0.05) is 6.92 Å². The Morgan fingerprint density at radius 2 is 2.21 bits per heavy atom. The van der Waals surface area contributed by atoms with Crippen LogP contribution in [0.2, 0.25) is 0 Å². The van der Waals surface area contributed by atoms with Gasteiger partial charge in [0.15, 0.2) is 11.5 Å². The number of hydrogen-bond donors (Lipinski definition) is 1. The second kappa shape index (κ2) is 4.04. The molecule has 1 aromatic rings. The Morgan fingerprint density at radius 1 is 1.57 bits per heavy atom. The van der Waals surface area contributed by atoms with Crippen molar-refractivity contribution in [1.29, 1.82) is 0 Å². The highest BCUT2D eigenvalue weighted by molar-refractivity contribution is 5.95. The number of nitrogens with zero attached hydrogens (tertiary/aromatic N) is 3. The number of aryl methyl sites for hydroxylation is 1. The highest BCUT2D eigenvalue weighted by Gasteiger charge is 2.13. The Kier molecular flexibility index (Phi) is 3.01. The lowest BCUT2D eigenvalue weighted by atomic mass is 10.3. The van der Waals surface area contributed by atoms with Crippen LogP contribution in [0.3, 0.4) is 0 Å². The number of hydrogen-bond acceptors (Lipinski definition) is 4. The zero-order valence-corrected chi connectivity index (χ0v) is 8.61.